The number of hydrogen-bond acceptors (Lipinski definition) is 7. The Morgan fingerprint density at radius 2 is 1.11 bits per heavy atom. The van der Waals surface area contributed by atoms with Crippen molar-refractivity contribution in [3.63, 3.8) is 0 Å². The fraction of sp³-hybridized carbons (Fsp3) is 0.667. The van der Waals surface area contributed by atoms with Crippen molar-refractivity contribution >= 4 is 34.8 Å². The average molecular weight is 298 g/mol. The van der Waals surface area contributed by atoms with Crippen molar-refractivity contribution in [3.05, 3.63) is 0 Å². The largest absolute Gasteiger partial charge is 0.244 e. The Bertz CT molecular complexity index is 533. The zero-order valence-corrected chi connectivity index (χ0v) is 13.6. The molecule has 19 heavy (non-hydrogen) atoms. The van der Waals surface area contributed by atoms with Gasteiger partial charge in [-0.15, -0.1) is 0 Å². The van der Waals surface area contributed by atoms with Crippen LogP contribution in [0.15, 0.2) is 14.7 Å². The van der Waals surface area contributed by atoms with Crippen LogP contribution in [0, 0.1) is 0 Å². The second-order valence-corrected chi connectivity index (χ2v) is 9.81. The molecule has 0 N–H and O–H groups in total. The van der Waals surface area contributed by atoms with Crippen LogP contribution in [-0.4, -0.2) is 29.8 Å². The second kappa shape index (κ2) is 4.94. The van der Waals surface area contributed by atoms with Crippen molar-refractivity contribution < 1.29 is 4.63 Å². The maximum atomic E-state index is 4.69. The Labute approximate surface area is 121 Å². The summed E-state index contributed by atoms with van der Waals surface area (Å²) in [6.45, 7) is 12.9. The van der Waals surface area contributed by atoms with Gasteiger partial charge in [-0.1, -0.05) is 65.1 Å². The number of fused-ring (bicyclic) bond motifs is 1. The summed E-state index contributed by atoms with van der Waals surface area (Å²) >= 11 is 3.36. The molecule has 0 aliphatic carbocycles. The molecule has 0 unspecified atom stereocenters. The van der Waals surface area contributed by atoms with Crippen LogP contribution in [0.2, 0.25) is 0 Å². The molecule has 7 heteroatoms. The highest BCUT2D eigenvalue weighted by molar-refractivity contribution is 8.03. The van der Waals surface area contributed by atoms with Gasteiger partial charge in [0.15, 0.2) is 0 Å². The summed E-state index contributed by atoms with van der Waals surface area (Å²) in [5, 5.41) is 9.30. The van der Waals surface area contributed by atoms with E-state index in [-0.39, 0.29) is 9.49 Å². The summed E-state index contributed by atoms with van der Waals surface area (Å²) in [5.41, 5.74) is 0.926. The van der Waals surface area contributed by atoms with E-state index in [0.29, 0.717) is 11.3 Å². The van der Waals surface area contributed by atoms with E-state index in [0.717, 1.165) is 10.1 Å². The molecule has 2 rings (SSSR count). The van der Waals surface area contributed by atoms with Crippen LogP contribution in [0.4, 0.5) is 0 Å². The third-order valence-corrected chi connectivity index (χ3v) is 4.17. The second-order valence-electron chi connectivity index (χ2n) is 6.17. The van der Waals surface area contributed by atoms with E-state index in [2.05, 4.69) is 61.8 Å². The smallest absolute Gasteiger partial charge is 0.240 e. The highest BCUT2D eigenvalue weighted by Crippen LogP contribution is 2.40. The highest BCUT2D eigenvalue weighted by atomic mass is 32.2. The fourth-order valence-electron chi connectivity index (χ4n) is 1.32. The lowest BCUT2D eigenvalue weighted by Crippen LogP contribution is -2.11. The molecule has 0 aromatic carbocycles. The van der Waals surface area contributed by atoms with Gasteiger partial charge in [0.05, 0.1) is 0 Å². The van der Waals surface area contributed by atoms with Crippen molar-refractivity contribution in [1.29, 1.82) is 0 Å². The molecule has 0 saturated carbocycles. The normalized spacial score (nSPS) is 13.2. The minimum Gasteiger partial charge on any atom is -0.240 e. The van der Waals surface area contributed by atoms with Crippen LogP contribution in [-0.2, 0) is 0 Å². The lowest BCUT2D eigenvalue weighted by atomic mass is 10.3. The SMILES string of the molecule is CC(C)(C)Sc1nc2nonc2nc1SC(C)(C)C. The monoisotopic (exact) mass is 298 g/mol. The molecular weight excluding hydrogens is 280 g/mol. The molecule has 0 fully saturated rings. The van der Waals surface area contributed by atoms with Gasteiger partial charge in [-0.25, -0.2) is 14.6 Å². The van der Waals surface area contributed by atoms with Crippen LogP contribution in [0.5, 0.6) is 0 Å². The van der Waals surface area contributed by atoms with Gasteiger partial charge in [0.2, 0.25) is 11.3 Å². The Morgan fingerprint density at radius 1 is 0.737 bits per heavy atom. The molecule has 0 aliphatic heterocycles. The van der Waals surface area contributed by atoms with Crippen molar-refractivity contribution in [2.45, 2.75) is 61.1 Å². The zero-order chi connectivity index (χ0) is 14.3. The van der Waals surface area contributed by atoms with Gasteiger partial charge in [-0.05, 0) is 10.3 Å². The zero-order valence-electron chi connectivity index (χ0n) is 12.0. The van der Waals surface area contributed by atoms with E-state index in [1.807, 2.05) is 0 Å². The third-order valence-electron chi connectivity index (χ3n) is 1.86. The average Bonchev–Trinajstić information content (AvgIpc) is 2.60. The van der Waals surface area contributed by atoms with E-state index in [1.165, 1.54) is 0 Å². The number of hydrogen-bond donors (Lipinski definition) is 0. The van der Waals surface area contributed by atoms with Gasteiger partial charge in [0, 0.05) is 9.49 Å². The molecule has 0 amide bonds. The Kier molecular flexibility index (Phi) is 3.79. The van der Waals surface area contributed by atoms with Crippen molar-refractivity contribution in [2.24, 2.45) is 0 Å². The molecule has 0 atom stereocenters. The van der Waals surface area contributed by atoms with Gasteiger partial charge < -0.3 is 0 Å². The molecule has 2 aromatic rings. The van der Waals surface area contributed by atoms with E-state index in [1.54, 1.807) is 23.5 Å². The number of nitrogens with zero attached hydrogens (tertiary/aromatic N) is 4. The van der Waals surface area contributed by atoms with Gasteiger partial charge >= 0.3 is 0 Å². The quantitative estimate of drug-likeness (QED) is 0.781. The highest BCUT2D eigenvalue weighted by Gasteiger charge is 2.23. The number of aromatic nitrogens is 4. The summed E-state index contributed by atoms with van der Waals surface area (Å²) in [5.74, 6) is 0. The maximum Gasteiger partial charge on any atom is 0.244 e. The minimum atomic E-state index is 0.0622. The maximum absolute atomic E-state index is 4.69. The Balaban J connectivity index is 2.47. The van der Waals surface area contributed by atoms with Crippen LogP contribution in [0.3, 0.4) is 0 Å². The topological polar surface area (TPSA) is 64.7 Å². The third kappa shape index (κ3) is 4.07. The van der Waals surface area contributed by atoms with Crippen molar-refractivity contribution in [3.8, 4) is 0 Å². The fourth-order valence-corrected chi connectivity index (χ4v) is 3.26. The predicted octanol–water partition coefficient (Wildman–Crippen LogP) is 3.79. The molecule has 2 heterocycles. The van der Waals surface area contributed by atoms with E-state index in [9.17, 15) is 0 Å². The molecular formula is C12H18N4OS2. The molecule has 0 aliphatic rings. The summed E-state index contributed by atoms with van der Waals surface area (Å²) < 4.78 is 4.82. The molecule has 2 aromatic heterocycles. The first-order chi connectivity index (χ1) is 8.64. The predicted molar refractivity (Wildman–Crippen MR) is 78.6 cm³/mol. The van der Waals surface area contributed by atoms with Crippen molar-refractivity contribution in [1.82, 2.24) is 20.3 Å². The van der Waals surface area contributed by atoms with E-state index < -0.39 is 0 Å². The van der Waals surface area contributed by atoms with Gasteiger partial charge in [-0.2, -0.15) is 0 Å². The van der Waals surface area contributed by atoms with E-state index in [4.69, 9.17) is 4.63 Å². The Morgan fingerprint density at radius 3 is 1.42 bits per heavy atom. The summed E-state index contributed by atoms with van der Waals surface area (Å²) in [6, 6.07) is 0. The summed E-state index contributed by atoms with van der Waals surface area (Å²) in [4.78, 5) is 9.03. The van der Waals surface area contributed by atoms with Gasteiger partial charge in [0.1, 0.15) is 10.1 Å². The van der Waals surface area contributed by atoms with E-state index >= 15 is 0 Å². The van der Waals surface area contributed by atoms with Crippen LogP contribution < -0.4 is 0 Å². The van der Waals surface area contributed by atoms with Gasteiger partial charge in [-0.3, -0.25) is 0 Å². The Hall–Kier alpha value is -0.820. The molecule has 0 bridgehead atoms. The lowest BCUT2D eigenvalue weighted by Gasteiger charge is -2.21. The molecule has 0 saturated heterocycles. The first-order valence-corrected chi connectivity index (χ1v) is 7.66. The molecule has 0 radical (unpaired) electrons. The molecule has 0 spiro atoms. The molecule has 104 valence electrons. The number of thioether (sulfide) groups is 2. The van der Waals surface area contributed by atoms with Crippen LogP contribution in [0.25, 0.3) is 11.3 Å². The van der Waals surface area contributed by atoms with Crippen molar-refractivity contribution in [2.75, 3.05) is 0 Å². The van der Waals surface area contributed by atoms with Crippen LogP contribution >= 0.6 is 23.5 Å². The van der Waals surface area contributed by atoms with Crippen LogP contribution in [0.1, 0.15) is 41.5 Å². The lowest BCUT2D eigenvalue weighted by molar-refractivity contribution is 0.314. The summed E-state index contributed by atoms with van der Waals surface area (Å²) in [6.07, 6.45) is 0. The standard InChI is InChI=1S/C12H18N4OS2/c1-11(2,3)18-9-10(19-12(4,5)6)14-8-7(13-9)15-17-16-8/h1-6H3. The summed E-state index contributed by atoms with van der Waals surface area (Å²) in [7, 11) is 0. The minimum absolute atomic E-state index is 0.0622. The number of rotatable bonds is 2. The first-order valence-electron chi connectivity index (χ1n) is 6.02. The first kappa shape index (κ1) is 14.6. The molecule has 5 nitrogen and oxygen atoms in total. The van der Waals surface area contributed by atoms with Gasteiger partial charge in [0.25, 0.3) is 0 Å².